The van der Waals surface area contributed by atoms with Crippen LogP contribution in [0.3, 0.4) is 0 Å². The first-order chi connectivity index (χ1) is 15.5. The summed E-state index contributed by atoms with van der Waals surface area (Å²) in [5.41, 5.74) is 4.61. The quantitative estimate of drug-likeness (QED) is 0.247. The summed E-state index contributed by atoms with van der Waals surface area (Å²) >= 11 is 0. The van der Waals surface area contributed by atoms with Gasteiger partial charge in [-0.3, -0.25) is 9.36 Å². The van der Waals surface area contributed by atoms with Crippen LogP contribution in [0.1, 0.15) is 96.4 Å². The molecule has 0 unspecified atom stereocenters. The van der Waals surface area contributed by atoms with Crippen molar-refractivity contribution in [2.75, 3.05) is 20.3 Å². The summed E-state index contributed by atoms with van der Waals surface area (Å²) in [5.74, 6) is 0.782. The molecule has 5 nitrogen and oxygen atoms in total. The zero-order valence-electron chi connectivity index (χ0n) is 21.9. The van der Waals surface area contributed by atoms with Gasteiger partial charge in [-0.2, -0.15) is 0 Å². The minimum absolute atomic E-state index is 0.0966. The van der Waals surface area contributed by atoms with Gasteiger partial charge in [0.2, 0.25) is 0 Å². The van der Waals surface area contributed by atoms with Gasteiger partial charge in [-0.05, 0) is 86.6 Å². The van der Waals surface area contributed by atoms with E-state index in [0.29, 0.717) is 12.8 Å². The Morgan fingerprint density at radius 3 is 2.00 bits per heavy atom. The Morgan fingerprint density at radius 1 is 1.00 bits per heavy atom. The summed E-state index contributed by atoms with van der Waals surface area (Å²) in [5, 5.41) is -1.19. The van der Waals surface area contributed by atoms with Crippen molar-refractivity contribution in [1.82, 2.24) is 0 Å². The predicted molar refractivity (Wildman–Crippen MR) is 137 cm³/mol. The molecule has 0 aliphatic heterocycles. The molecule has 0 fully saturated rings. The molecular formula is C27H43O5P. The van der Waals surface area contributed by atoms with E-state index in [1.807, 2.05) is 19.9 Å². The van der Waals surface area contributed by atoms with Crippen molar-refractivity contribution < 1.29 is 23.1 Å². The number of hydrogen-bond donors (Lipinski definition) is 0. The fourth-order valence-electron chi connectivity index (χ4n) is 4.95. The molecule has 186 valence electrons. The molecule has 0 saturated carbocycles. The molecule has 0 aromatic heterocycles. The number of rotatable bonds is 11. The lowest BCUT2D eigenvalue weighted by Crippen LogP contribution is -2.38. The molecule has 2 rings (SSSR count). The van der Waals surface area contributed by atoms with Crippen LogP contribution < -0.4 is 4.74 Å². The van der Waals surface area contributed by atoms with E-state index in [1.54, 1.807) is 27.0 Å². The van der Waals surface area contributed by atoms with Gasteiger partial charge in [-0.15, -0.1) is 0 Å². The maximum absolute atomic E-state index is 13.7. The van der Waals surface area contributed by atoms with Crippen LogP contribution in [0.5, 0.6) is 5.75 Å². The second kappa shape index (κ2) is 11.3. The van der Waals surface area contributed by atoms with Crippen LogP contribution in [0.25, 0.3) is 6.08 Å². The van der Waals surface area contributed by atoms with Gasteiger partial charge in [-0.25, -0.2) is 0 Å². The van der Waals surface area contributed by atoms with E-state index in [-0.39, 0.29) is 24.4 Å². The van der Waals surface area contributed by atoms with Crippen molar-refractivity contribution in [2.24, 2.45) is 0 Å². The van der Waals surface area contributed by atoms with E-state index < -0.39 is 12.8 Å². The Balaban J connectivity index is 2.61. The van der Waals surface area contributed by atoms with Gasteiger partial charge in [-0.1, -0.05) is 40.7 Å². The van der Waals surface area contributed by atoms with E-state index >= 15 is 0 Å². The van der Waals surface area contributed by atoms with Gasteiger partial charge in [0.1, 0.15) is 10.9 Å². The zero-order chi connectivity index (χ0) is 24.9. The molecule has 1 aliphatic carbocycles. The van der Waals surface area contributed by atoms with Crippen LogP contribution in [0.2, 0.25) is 0 Å². The monoisotopic (exact) mass is 478 g/mol. The molecule has 0 heterocycles. The lowest BCUT2D eigenvalue weighted by atomic mass is 9.78. The highest BCUT2D eigenvalue weighted by Crippen LogP contribution is 2.63. The molecule has 0 amide bonds. The maximum atomic E-state index is 13.7. The van der Waals surface area contributed by atoms with Crippen molar-refractivity contribution in [3.05, 3.63) is 34.4 Å². The molecule has 6 heteroatoms. The van der Waals surface area contributed by atoms with Crippen molar-refractivity contribution in [3.8, 4) is 5.75 Å². The third-order valence-electron chi connectivity index (χ3n) is 6.81. The average molecular weight is 479 g/mol. The Hall–Kier alpha value is -1.42. The number of ketones is 1. The smallest absolute Gasteiger partial charge is 0.344 e. The highest BCUT2D eigenvalue weighted by atomic mass is 31.2. The van der Waals surface area contributed by atoms with Crippen molar-refractivity contribution >= 4 is 19.5 Å². The lowest BCUT2D eigenvalue weighted by molar-refractivity contribution is -0.117. The topological polar surface area (TPSA) is 61.8 Å². The summed E-state index contributed by atoms with van der Waals surface area (Å²) in [6.07, 6.45) is 8.49. The molecule has 0 bridgehead atoms. The Kier molecular flexibility index (Phi) is 9.56. The number of benzene rings is 1. The fourth-order valence-corrected chi connectivity index (χ4v) is 7.32. The normalized spacial score (nSPS) is 15.0. The summed E-state index contributed by atoms with van der Waals surface area (Å²) in [4.78, 5) is 13.6. The van der Waals surface area contributed by atoms with Gasteiger partial charge in [0.15, 0.2) is 5.78 Å². The van der Waals surface area contributed by atoms with Crippen LogP contribution in [0.15, 0.2) is 12.1 Å². The van der Waals surface area contributed by atoms with Crippen LogP contribution >= 0.6 is 7.60 Å². The van der Waals surface area contributed by atoms with Gasteiger partial charge < -0.3 is 13.8 Å². The predicted octanol–water partition coefficient (Wildman–Crippen LogP) is 7.28. The van der Waals surface area contributed by atoms with Crippen LogP contribution in [0, 0.1) is 0 Å². The number of fused-ring (bicyclic) bond motifs is 1. The first-order valence-corrected chi connectivity index (χ1v) is 13.9. The molecule has 0 spiro atoms. The van der Waals surface area contributed by atoms with Crippen molar-refractivity contribution in [1.29, 1.82) is 0 Å². The second-order valence-corrected chi connectivity index (χ2v) is 12.1. The molecule has 33 heavy (non-hydrogen) atoms. The average Bonchev–Trinajstić information content (AvgIpc) is 2.77. The molecular weight excluding hydrogens is 435 g/mol. The number of methoxy groups -OCH3 is 1. The van der Waals surface area contributed by atoms with Crippen molar-refractivity contribution in [2.45, 2.75) is 97.6 Å². The Bertz CT molecular complexity index is 896. The van der Waals surface area contributed by atoms with Crippen LogP contribution in [0.4, 0.5) is 0 Å². The summed E-state index contributed by atoms with van der Waals surface area (Å²) in [6, 6.07) is 2.16. The molecule has 0 radical (unpaired) electrons. The maximum Gasteiger partial charge on any atom is 0.344 e. The fraction of sp³-hybridized carbons (Fsp3) is 0.667. The van der Waals surface area contributed by atoms with Gasteiger partial charge in [0, 0.05) is 5.56 Å². The molecule has 0 atom stereocenters. The highest BCUT2D eigenvalue weighted by molar-refractivity contribution is 7.57. The van der Waals surface area contributed by atoms with E-state index in [2.05, 4.69) is 26.8 Å². The highest BCUT2D eigenvalue weighted by Gasteiger charge is 2.53. The standard InChI is InChI=1S/C27H43O5P/c1-9-27(10-2,33(29,31-11-3)32-12-4)24(28)18-17-20-19-23(26(5,6)7)25(30-8)22-16-14-13-15-21(20)22/h17-19H,9-16H2,1-8H3/b18-17+. The SMILES string of the molecule is CCOP(=O)(OCC)C(CC)(CC)C(=O)/C=C/c1cc(C(C)(C)C)c(OC)c2c1CCCC2. The Labute approximate surface area is 200 Å². The molecule has 1 aromatic carbocycles. The van der Waals surface area contributed by atoms with Crippen LogP contribution in [-0.4, -0.2) is 31.3 Å². The van der Waals surface area contributed by atoms with Gasteiger partial charge in [0.05, 0.1) is 20.3 Å². The third-order valence-corrected chi connectivity index (χ3v) is 9.91. The first-order valence-electron chi connectivity index (χ1n) is 12.4. The van der Waals surface area contributed by atoms with Gasteiger partial charge in [0.25, 0.3) is 0 Å². The number of allylic oxidation sites excluding steroid dienone is 1. The largest absolute Gasteiger partial charge is 0.496 e. The first kappa shape index (κ1) is 27.8. The minimum atomic E-state index is -3.63. The molecule has 1 aliphatic rings. The molecule has 0 N–H and O–H groups in total. The number of ether oxygens (including phenoxy) is 1. The number of carbonyl (C=O) groups is 1. The Morgan fingerprint density at radius 2 is 1.55 bits per heavy atom. The lowest BCUT2D eigenvalue weighted by Gasteiger charge is -2.35. The zero-order valence-corrected chi connectivity index (χ0v) is 22.8. The van der Waals surface area contributed by atoms with Crippen LogP contribution in [-0.2, 0) is 36.7 Å². The second-order valence-electron chi connectivity index (χ2n) is 9.73. The summed E-state index contributed by atoms with van der Waals surface area (Å²) in [7, 11) is -1.89. The summed E-state index contributed by atoms with van der Waals surface area (Å²) in [6.45, 7) is 14.3. The minimum Gasteiger partial charge on any atom is -0.496 e. The molecule has 1 aromatic rings. The van der Waals surface area contributed by atoms with E-state index in [4.69, 9.17) is 13.8 Å². The summed E-state index contributed by atoms with van der Waals surface area (Å²) < 4.78 is 30.9. The molecule has 0 saturated heterocycles. The van der Waals surface area contributed by atoms with E-state index in [1.165, 1.54) is 11.1 Å². The van der Waals surface area contributed by atoms with E-state index in [0.717, 1.165) is 42.6 Å². The van der Waals surface area contributed by atoms with Crippen molar-refractivity contribution in [3.63, 3.8) is 0 Å². The van der Waals surface area contributed by atoms with Gasteiger partial charge >= 0.3 is 7.60 Å². The third kappa shape index (κ3) is 5.47. The van der Waals surface area contributed by atoms with E-state index in [9.17, 15) is 9.36 Å². The number of carbonyl (C=O) groups excluding carboxylic acids is 1. The number of hydrogen-bond acceptors (Lipinski definition) is 5.